The molecule has 1 amide bonds. The van der Waals surface area contributed by atoms with Crippen LogP contribution in [0.4, 0.5) is 5.69 Å². The van der Waals surface area contributed by atoms with Crippen molar-refractivity contribution in [2.24, 2.45) is 0 Å². The molecule has 0 saturated carbocycles. The molecular weight excluding hydrogens is 306 g/mol. The topological polar surface area (TPSA) is 111 Å². The zero-order chi connectivity index (χ0) is 16.5. The van der Waals surface area contributed by atoms with Crippen LogP contribution < -0.4 is 10.2 Å². The summed E-state index contributed by atoms with van der Waals surface area (Å²) in [5, 5.41) is 21.8. The molecule has 1 aliphatic rings. The maximum absolute atomic E-state index is 11.6. The number of aromatic nitrogens is 4. The van der Waals surface area contributed by atoms with Gasteiger partial charge in [0.15, 0.2) is 0 Å². The zero-order valence-electron chi connectivity index (χ0n) is 12.9. The first-order chi connectivity index (χ1) is 11.8. The van der Waals surface area contributed by atoms with Crippen molar-refractivity contribution >= 4 is 33.5 Å². The normalized spacial score (nSPS) is 17.3. The molecule has 120 valence electrons. The van der Waals surface area contributed by atoms with Gasteiger partial charge in [0.05, 0.1) is 24.2 Å². The molecule has 3 aromatic rings. The molecule has 8 nitrogen and oxygen atoms in total. The van der Waals surface area contributed by atoms with Crippen molar-refractivity contribution in [1.82, 2.24) is 25.5 Å². The number of hydrogen-bond donors (Lipinski definition) is 2. The Bertz CT molecular complexity index is 958. The SMILES string of the molecule is N#CCC(=O)NC1CCN(c2cnnc3cnc4[nH]ccc4c23)C1. The molecule has 4 heterocycles. The molecule has 0 aromatic carbocycles. The molecule has 1 aliphatic heterocycles. The second kappa shape index (κ2) is 5.77. The summed E-state index contributed by atoms with van der Waals surface area (Å²) in [6, 6.07) is 3.90. The van der Waals surface area contributed by atoms with Gasteiger partial charge in [0.1, 0.15) is 17.6 Å². The highest BCUT2D eigenvalue weighted by atomic mass is 16.1. The van der Waals surface area contributed by atoms with E-state index in [0.717, 1.165) is 40.6 Å². The van der Waals surface area contributed by atoms with Crippen LogP contribution in [0.2, 0.25) is 0 Å². The Labute approximate surface area is 137 Å². The number of nitrogens with zero attached hydrogens (tertiary/aromatic N) is 5. The van der Waals surface area contributed by atoms with Crippen molar-refractivity contribution in [3.63, 3.8) is 0 Å². The summed E-state index contributed by atoms with van der Waals surface area (Å²) in [6.45, 7) is 1.50. The highest BCUT2D eigenvalue weighted by Gasteiger charge is 2.26. The molecule has 1 unspecified atom stereocenters. The van der Waals surface area contributed by atoms with Crippen molar-refractivity contribution in [1.29, 1.82) is 5.26 Å². The van der Waals surface area contributed by atoms with Gasteiger partial charge < -0.3 is 15.2 Å². The van der Waals surface area contributed by atoms with E-state index >= 15 is 0 Å². The quantitative estimate of drug-likeness (QED) is 0.748. The average Bonchev–Trinajstić information content (AvgIpc) is 3.23. The largest absolute Gasteiger partial charge is 0.368 e. The van der Waals surface area contributed by atoms with E-state index in [1.54, 1.807) is 12.4 Å². The number of carbonyl (C=O) groups excluding carboxylic acids is 1. The minimum absolute atomic E-state index is 0.0395. The Balaban J connectivity index is 1.67. The lowest BCUT2D eigenvalue weighted by atomic mass is 10.1. The molecule has 1 atom stereocenters. The summed E-state index contributed by atoms with van der Waals surface area (Å²) in [7, 11) is 0. The molecule has 1 saturated heterocycles. The second-order valence-electron chi connectivity index (χ2n) is 5.82. The molecule has 0 radical (unpaired) electrons. The fraction of sp³-hybridized carbons (Fsp3) is 0.312. The molecule has 4 rings (SSSR count). The monoisotopic (exact) mass is 321 g/mol. The molecule has 8 heteroatoms. The molecule has 2 N–H and O–H groups in total. The predicted octanol–water partition coefficient (Wildman–Crippen LogP) is 1.11. The van der Waals surface area contributed by atoms with Crippen LogP contribution in [0.5, 0.6) is 0 Å². The van der Waals surface area contributed by atoms with Crippen LogP contribution in [-0.4, -0.2) is 45.2 Å². The number of H-pyrrole nitrogens is 1. The van der Waals surface area contributed by atoms with E-state index in [-0.39, 0.29) is 18.4 Å². The third kappa shape index (κ3) is 2.40. The number of anilines is 1. The predicted molar refractivity (Wildman–Crippen MR) is 88.2 cm³/mol. The number of amides is 1. The third-order valence-electron chi connectivity index (χ3n) is 4.30. The van der Waals surface area contributed by atoms with Gasteiger partial charge in [-0.25, -0.2) is 4.98 Å². The molecule has 0 bridgehead atoms. The molecular formula is C16H15N7O. The lowest BCUT2D eigenvalue weighted by Gasteiger charge is -2.20. The van der Waals surface area contributed by atoms with E-state index in [0.29, 0.717) is 6.54 Å². The first-order valence-electron chi connectivity index (χ1n) is 7.75. The minimum Gasteiger partial charge on any atom is -0.368 e. The maximum Gasteiger partial charge on any atom is 0.234 e. The summed E-state index contributed by atoms with van der Waals surface area (Å²) in [5.41, 5.74) is 2.55. The van der Waals surface area contributed by atoms with Gasteiger partial charge in [-0.3, -0.25) is 4.79 Å². The Hall–Kier alpha value is -3.21. The standard InChI is InChI=1S/C16H15N7O/c17-4-1-14(24)21-10-3-6-23(9-10)13-8-20-22-12-7-19-16-11(15(12)13)2-5-18-16/h2,5,7-8,10H,1,3,6,9H2,(H,18,19)(H,21,24). The number of nitrogens with one attached hydrogen (secondary N) is 2. The van der Waals surface area contributed by atoms with Gasteiger partial charge in [0.2, 0.25) is 5.91 Å². The maximum atomic E-state index is 11.6. The first kappa shape index (κ1) is 14.4. The van der Waals surface area contributed by atoms with Crippen molar-refractivity contribution in [3.8, 4) is 6.07 Å². The number of carbonyl (C=O) groups is 1. The third-order valence-corrected chi connectivity index (χ3v) is 4.30. The molecule has 24 heavy (non-hydrogen) atoms. The van der Waals surface area contributed by atoms with Gasteiger partial charge in [-0.2, -0.15) is 10.4 Å². The smallest absolute Gasteiger partial charge is 0.234 e. The van der Waals surface area contributed by atoms with E-state index in [2.05, 4.69) is 30.4 Å². The first-order valence-corrected chi connectivity index (χ1v) is 7.75. The number of hydrogen-bond acceptors (Lipinski definition) is 6. The minimum atomic E-state index is -0.223. The van der Waals surface area contributed by atoms with Crippen LogP contribution in [0, 0.1) is 11.3 Å². The summed E-state index contributed by atoms with van der Waals surface area (Å²) in [6.07, 6.45) is 6.06. The number of rotatable bonds is 3. The Morgan fingerprint density at radius 1 is 1.50 bits per heavy atom. The molecule has 0 spiro atoms. The lowest BCUT2D eigenvalue weighted by molar-refractivity contribution is -0.120. The number of aromatic amines is 1. The number of nitriles is 1. The van der Waals surface area contributed by atoms with E-state index in [1.807, 2.05) is 18.3 Å². The van der Waals surface area contributed by atoms with Gasteiger partial charge >= 0.3 is 0 Å². The van der Waals surface area contributed by atoms with Crippen LogP contribution in [0.25, 0.3) is 21.9 Å². The van der Waals surface area contributed by atoms with Gasteiger partial charge in [0.25, 0.3) is 0 Å². The Morgan fingerprint density at radius 3 is 3.29 bits per heavy atom. The molecule has 0 aliphatic carbocycles. The van der Waals surface area contributed by atoms with Crippen molar-refractivity contribution in [2.75, 3.05) is 18.0 Å². The fourth-order valence-electron chi connectivity index (χ4n) is 3.24. The van der Waals surface area contributed by atoms with Crippen LogP contribution in [0.15, 0.2) is 24.7 Å². The fourth-order valence-corrected chi connectivity index (χ4v) is 3.24. The average molecular weight is 321 g/mol. The van der Waals surface area contributed by atoms with Crippen LogP contribution in [-0.2, 0) is 4.79 Å². The van der Waals surface area contributed by atoms with Gasteiger partial charge in [-0.15, -0.1) is 5.10 Å². The van der Waals surface area contributed by atoms with E-state index in [4.69, 9.17) is 5.26 Å². The van der Waals surface area contributed by atoms with E-state index in [1.165, 1.54) is 0 Å². The second-order valence-corrected chi connectivity index (χ2v) is 5.82. The lowest BCUT2D eigenvalue weighted by Crippen LogP contribution is -2.36. The van der Waals surface area contributed by atoms with Crippen molar-refractivity contribution < 1.29 is 4.79 Å². The van der Waals surface area contributed by atoms with E-state index < -0.39 is 0 Å². The van der Waals surface area contributed by atoms with Gasteiger partial charge in [-0.1, -0.05) is 0 Å². The zero-order valence-corrected chi connectivity index (χ0v) is 12.9. The van der Waals surface area contributed by atoms with Crippen molar-refractivity contribution in [3.05, 3.63) is 24.7 Å². The van der Waals surface area contributed by atoms with Gasteiger partial charge in [0, 0.05) is 36.1 Å². The van der Waals surface area contributed by atoms with Crippen LogP contribution in [0.1, 0.15) is 12.8 Å². The highest BCUT2D eigenvalue weighted by molar-refractivity contribution is 6.09. The van der Waals surface area contributed by atoms with E-state index in [9.17, 15) is 4.79 Å². The summed E-state index contributed by atoms with van der Waals surface area (Å²) in [5.74, 6) is -0.223. The number of pyridine rings is 1. The molecule has 3 aromatic heterocycles. The number of fused-ring (bicyclic) bond motifs is 3. The van der Waals surface area contributed by atoms with Gasteiger partial charge in [-0.05, 0) is 12.5 Å². The highest BCUT2D eigenvalue weighted by Crippen LogP contribution is 2.32. The Kier molecular flexibility index (Phi) is 3.46. The van der Waals surface area contributed by atoms with Crippen LogP contribution in [0.3, 0.4) is 0 Å². The summed E-state index contributed by atoms with van der Waals surface area (Å²) in [4.78, 5) is 21.3. The van der Waals surface area contributed by atoms with Crippen molar-refractivity contribution in [2.45, 2.75) is 18.9 Å². The summed E-state index contributed by atoms with van der Waals surface area (Å²) < 4.78 is 0. The summed E-state index contributed by atoms with van der Waals surface area (Å²) >= 11 is 0. The Morgan fingerprint density at radius 2 is 2.42 bits per heavy atom. The molecule has 1 fully saturated rings. The van der Waals surface area contributed by atoms with Crippen LogP contribution >= 0.6 is 0 Å².